The Morgan fingerprint density at radius 2 is 1.80 bits per heavy atom. The summed E-state index contributed by atoms with van der Waals surface area (Å²) in [6.07, 6.45) is 13.7. The van der Waals surface area contributed by atoms with Crippen molar-refractivity contribution in [2.75, 3.05) is 0 Å². The number of benzene rings is 1. The zero-order valence-electron chi connectivity index (χ0n) is 12.5. The molecule has 0 aromatic heterocycles. The molecule has 1 aromatic rings. The van der Waals surface area contributed by atoms with Gasteiger partial charge in [0.05, 0.1) is 11.6 Å². The van der Waals surface area contributed by atoms with E-state index in [9.17, 15) is 0 Å². The Kier molecular flexibility index (Phi) is 5.87. The topological polar surface area (TPSA) is 23.8 Å². The Balaban J connectivity index is 1.78. The largest absolute Gasteiger partial charge is 0.192 e. The zero-order chi connectivity index (χ0) is 14.2. The highest BCUT2D eigenvalue weighted by molar-refractivity contribution is 5.33. The first-order valence-corrected chi connectivity index (χ1v) is 7.98. The third kappa shape index (κ3) is 4.23. The van der Waals surface area contributed by atoms with Crippen molar-refractivity contribution < 1.29 is 0 Å². The van der Waals surface area contributed by atoms with Gasteiger partial charge in [-0.3, -0.25) is 0 Å². The molecule has 0 atom stereocenters. The van der Waals surface area contributed by atoms with E-state index < -0.39 is 0 Å². The fourth-order valence-electron chi connectivity index (χ4n) is 3.23. The summed E-state index contributed by atoms with van der Waals surface area (Å²) < 4.78 is 0. The zero-order valence-corrected chi connectivity index (χ0v) is 12.5. The molecule has 1 aliphatic rings. The first-order valence-electron chi connectivity index (χ1n) is 7.98. The van der Waals surface area contributed by atoms with Gasteiger partial charge in [-0.15, -0.1) is 0 Å². The minimum absolute atomic E-state index is 0.713. The van der Waals surface area contributed by atoms with Crippen molar-refractivity contribution in [3.63, 3.8) is 0 Å². The fraction of sp³-hybridized carbons (Fsp3) is 0.526. The van der Waals surface area contributed by atoms with Gasteiger partial charge >= 0.3 is 0 Å². The standard InChI is InChI=1S/C19H25N/c1-2-3-4-5-6-16-7-11-18(12-8-16)19-13-9-17(15-20)10-14-19/h3-4,9-10,13-14,16,18H,2,5-8,11-12H2,1H3/t16-,18-. The van der Waals surface area contributed by atoms with E-state index in [4.69, 9.17) is 5.26 Å². The number of allylic oxidation sites excluding steroid dienone is 2. The molecule has 1 fully saturated rings. The summed E-state index contributed by atoms with van der Waals surface area (Å²) in [4.78, 5) is 0. The average molecular weight is 267 g/mol. The van der Waals surface area contributed by atoms with E-state index in [-0.39, 0.29) is 0 Å². The summed E-state index contributed by atoms with van der Waals surface area (Å²) in [7, 11) is 0. The molecular formula is C19H25N. The van der Waals surface area contributed by atoms with Crippen LogP contribution in [0, 0.1) is 17.2 Å². The van der Waals surface area contributed by atoms with Crippen molar-refractivity contribution in [1.29, 1.82) is 5.26 Å². The van der Waals surface area contributed by atoms with E-state index in [0.29, 0.717) is 5.92 Å². The predicted molar refractivity (Wildman–Crippen MR) is 84.5 cm³/mol. The van der Waals surface area contributed by atoms with Crippen LogP contribution >= 0.6 is 0 Å². The van der Waals surface area contributed by atoms with Gasteiger partial charge < -0.3 is 0 Å². The van der Waals surface area contributed by atoms with Crippen molar-refractivity contribution in [2.24, 2.45) is 5.92 Å². The minimum Gasteiger partial charge on any atom is -0.192 e. The second-order valence-electron chi connectivity index (χ2n) is 5.91. The summed E-state index contributed by atoms with van der Waals surface area (Å²) in [5.41, 5.74) is 2.19. The lowest BCUT2D eigenvalue weighted by atomic mass is 9.77. The number of rotatable bonds is 5. The van der Waals surface area contributed by atoms with Crippen LogP contribution in [0.4, 0.5) is 0 Å². The van der Waals surface area contributed by atoms with Crippen molar-refractivity contribution in [3.05, 3.63) is 47.5 Å². The summed E-state index contributed by atoms with van der Waals surface area (Å²) in [6, 6.07) is 10.4. The van der Waals surface area contributed by atoms with E-state index in [1.165, 1.54) is 44.1 Å². The van der Waals surface area contributed by atoms with Crippen LogP contribution in [-0.4, -0.2) is 0 Å². The first kappa shape index (κ1) is 14.9. The highest BCUT2D eigenvalue weighted by Crippen LogP contribution is 2.37. The summed E-state index contributed by atoms with van der Waals surface area (Å²) in [5, 5.41) is 8.84. The van der Waals surface area contributed by atoms with Crippen molar-refractivity contribution in [1.82, 2.24) is 0 Å². The molecule has 0 amide bonds. The van der Waals surface area contributed by atoms with Crippen LogP contribution in [-0.2, 0) is 0 Å². The quantitative estimate of drug-likeness (QED) is 0.639. The molecule has 0 aliphatic heterocycles. The SMILES string of the molecule is CCC=CCC[C@H]1CC[C@H](c2ccc(C#N)cc2)CC1. The van der Waals surface area contributed by atoms with E-state index in [2.05, 4.69) is 37.3 Å². The fourth-order valence-corrected chi connectivity index (χ4v) is 3.23. The highest BCUT2D eigenvalue weighted by Gasteiger charge is 2.21. The van der Waals surface area contributed by atoms with Gasteiger partial charge in [0.2, 0.25) is 0 Å². The Morgan fingerprint density at radius 3 is 2.40 bits per heavy atom. The van der Waals surface area contributed by atoms with Gasteiger partial charge in [-0.2, -0.15) is 5.26 Å². The van der Waals surface area contributed by atoms with Crippen LogP contribution < -0.4 is 0 Å². The Hall–Kier alpha value is -1.55. The molecule has 1 saturated carbocycles. The van der Waals surface area contributed by atoms with E-state index >= 15 is 0 Å². The highest BCUT2D eigenvalue weighted by atomic mass is 14.3. The number of hydrogen-bond acceptors (Lipinski definition) is 1. The molecule has 1 aliphatic carbocycles. The molecule has 0 heterocycles. The second-order valence-corrected chi connectivity index (χ2v) is 5.91. The van der Waals surface area contributed by atoms with E-state index in [1.807, 2.05) is 12.1 Å². The van der Waals surface area contributed by atoms with Crippen molar-refractivity contribution in [3.8, 4) is 6.07 Å². The molecule has 0 N–H and O–H groups in total. The number of nitriles is 1. The van der Waals surface area contributed by atoms with E-state index in [1.54, 1.807) is 0 Å². The van der Waals surface area contributed by atoms with Gasteiger partial charge in [0.1, 0.15) is 0 Å². The Labute approximate surface area is 123 Å². The van der Waals surface area contributed by atoms with Gasteiger partial charge in [0.15, 0.2) is 0 Å². The van der Waals surface area contributed by atoms with Crippen LogP contribution in [0.3, 0.4) is 0 Å². The van der Waals surface area contributed by atoms with Crippen LogP contribution in [0.5, 0.6) is 0 Å². The van der Waals surface area contributed by atoms with Gasteiger partial charge in [-0.25, -0.2) is 0 Å². The number of hydrogen-bond donors (Lipinski definition) is 0. The second kappa shape index (κ2) is 7.90. The molecule has 0 saturated heterocycles. The molecule has 0 radical (unpaired) electrons. The monoisotopic (exact) mass is 267 g/mol. The summed E-state index contributed by atoms with van der Waals surface area (Å²) in [6.45, 7) is 2.19. The maximum Gasteiger partial charge on any atom is 0.0991 e. The molecule has 0 bridgehead atoms. The van der Waals surface area contributed by atoms with Crippen molar-refractivity contribution >= 4 is 0 Å². The smallest absolute Gasteiger partial charge is 0.0991 e. The molecule has 1 nitrogen and oxygen atoms in total. The molecule has 106 valence electrons. The molecule has 0 spiro atoms. The van der Waals surface area contributed by atoms with Gasteiger partial charge in [0.25, 0.3) is 0 Å². The van der Waals surface area contributed by atoms with Gasteiger partial charge in [0, 0.05) is 0 Å². The molecule has 0 unspecified atom stereocenters. The molecule has 20 heavy (non-hydrogen) atoms. The lowest BCUT2D eigenvalue weighted by Gasteiger charge is -2.28. The average Bonchev–Trinajstić information content (AvgIpc) is 2.52. The van der Waals surface area contributed by atoms with Crippen LogP contribution in [0.25, 0.3) is 0 Å². The maximum absolute atomic E-state index is 8.84. The maximum atomic E-state index is 8.84. The van der Waals surface area contributed by atoms with Crippen LogP contribution in [0.15, 0.2) is 36.4 Å². The van der Waals surface area contributed by atoms with Crippen LogP contribution in [0.1, 0.15) is 68.9 Å². The van der Waals surface area contributed by atoms with Crippen molar-refractivity contribution in [2.45, 2.75) is 57.8 Å². The lowest BCUT2D eigenvalue weighted by molar-refractivity contribution is 0.312. The first-order chi connectivity index (χ1) is 9.83. The van der Waals surface area contributed by atoms with Gasteiger partial charge in [-0.05, 0) is 74.5 Å². The Bertz CT molecular complexity index is 456. The van der Waals surface area contributed by atoms with Crippen LogP contribution in [0.2, 0.25) is 0 Å². The number of nitrogens with zero attached hydrogens (tertiary/aromatic N) is 1. The normalized spacial score (nSPS) is 22.8. The molecule has 1 aromatic carbocycles. The predicted octanol–water partition coefficient (Wildman–Crippen LogP) is 5.58. The molecule has 2 rings (SSSR count). The third-order valence-electron chi connectivity index (χ3n) is 4.50. The lowest BCUT2D eigenvalue weighted by Crippen LogP contribution is -2.13. The minimum atomic E-state index is 0.713. The third-order valence-corrected chi connectivity index (χ3v) is 4.50. The molecule has 1 heteroatoms. The summed E-state index contributed by atoms with van der Waals surface area (Å²) in [5.74, 6) is 1.64. The van der Waals surface area contributed by atoms with Gasteiger partial charge in [-0.1, -0.05) is 31.2 Å². The van der Waals surface area contributed by atoms with E-state index in [0.717, 1.165) is 17.9 Å². The summed E-state index contributed by atoms with van der Waals surface area (Å²) >= 11 is 0. The molecular weight excluding hydrogens is 242 g/mol. The Morgan fingerprint density at radius 1 is 1.10 bits per heavy atom.